The van der Waals surface area contributed by atoms with Gasteiger partial charge in [0.15, 0.2) is 5.69 Å². The Morgan fingerprint density at radius 1 is 1.19 bits per heavy atom. The highest BCUT2D eigenvalue weighted by atomic mass is 16.3. The van der Waals surface area contributed by atoms with Crippen molar-refractivity contribution in [3.05, 3.63) is 54.1 Å². The monoisotopic (exact) mass is 504 g/mol. The lowest BCUT2D eigenvalue weighted by Crippen LogP contribution is -2.38. The van der Waals surface area contributed by atoms with Crippen LogP contribution in [0.5, 0.6) is 0 Å². The third-order valence-corrected chi connectivity index (χ3v) is 6.80. The molecule has 3 N–H and O–H groups in total. The van der Waals surface area contributed by atoms with Crippen LogP contribution in [0.25, 0.3) is 11.3 Å². The number of aliphatic hydroxyl groups excluding tert-OH is 1. The fourth-order valence-corrected chi connectivity index (χ4v) is 4.50. The van der Waals surface area contributed by atoms with Gasteiger partial charge < -0.3 is 25.5 Å². The molecule has 1 aliphatic carbocycles. The van der Waals surface area contributed by atoms with Gasteiger partial charge in [-0.25, -0.2) is 9.97 Å². The van der Waals surface area contributed by atoms with Crippen LogP contribution >= 0.6 is 0 Å². The average Bonchev–Trinajstić information content (AvgIpc) is 3.53. The van der Waals surface area contributed by atoms with E-state index in [2.05, 4.69) is 25.7 Å². The van der Waals surface area contributed by atoms with Crippen LogP contribution in [-0.4, -0.2) is 92.3 Å². The van der Waals surface area contributed by atoms with Crippen molar-refractivity contribution in [2.24, 2.45) is 13.0 Å². The van der Waals surface area contributed by atoms with Crippen LogP contribution in [0.4, 0.5) is 11.5 Å². The first-order valence-electron chi connectivity index (χ1n) is 12.4. The van der Waals surface area contributed by atoms with E-state index in [1.165, 1.54) is 17.5 Å². The number of hydrogen-bond acceptors (Lipinski definition) is 8. The van der Waals surface area contributed by atoms with Crippen LogP contribution in [0.2, 0.25) is 0 Å². The van der Waals surface area contributed by atoms with E-state index in [1.807, 2.05) is 37.2 Å². The maximum absolute atomic E-state index is 13.2. The Kier molecular flexibility index (Phi) is 6.90. The molecule has 0 spiro atoms. The van der Waals surface area contributed by atoms with Crippen LogP contribution in [0.3, 0.4) is 0 Å². The first kappa shape index (κ1) is 24.8. The van der Waals surface area contributed by atoms with Gasteiger partial charge in [0.25, 0.3) is 11.8 Å². The normalized spacial score (nSPS) is 19.3. The fourth-order valence-electron chi connectivity index (χ4n) is 4.50. The second kappa shape index (κ2) is 10.3. The number of hydrogen-bond donors (Lipinski definition) is 3. The smallest absolute Gasteiger partial charge is 0.276 e. The van der Waals surface area contributed by atoms with E-state index in [0.717, 1.165) is 23.8 Å². The molecule has 5 rings (SSSR count). The molecule has 11 heteroatoms. The van der Waals surface area contributed by atoms with Gasteiger partial charge in [-0.05, 0) is 57.1 Å². The number of nitrogens with one attached hydrogen (secondary N) is 2. The van der Waals surface area contributed by atoms with E-state index >= 15 is 0 Å². The molecule has 2 amide bonds. The van der Waals surface area contributed by atoms with E-state index in [9.17, 15) is 14.7 Å². The third-order valence-electron chi connectivity index (χ3n) is 6.80. The molecular weight excluding hydrogens is 472 g/mol. The number of β-amino-alcohol motifs (C(OH)–C–C–N with tert-alkyl or cyclic N) is 1. The number of amides is 2. The third kappa shape index (κ3) is 5.62. The minimum absolute atomic E-state index is 0.124. The van der Waals surface area contributed by atoms with Crippen molar-refractivity contribution in [1.29, 1.82) is 0 Å². The maximum Gasteiger partial charge on any atom is 0.276 e. The second-order valence-corrected chi connectivity index (χ2v) is 9.99. The second-order valence-electron chi connectivity index (χ2n) is 9.99. The average molecular weight is 505 g/mol. The highest BCUT2D eigenvalue weighted by Gasteiger charge is 2.37. The van der Waals surface area contributed by atoms with Crippen molar-refractivity contribution in [2.75, 3.05) is 44.4 Å². The number of rotatable bonds is 8. The van der Waals surface area contributed by atoms with Gasteiger partial charge in [-0.3, -0.25) is 14.3 Å². The quantitative estimate of drug-likeness (QED) is 0.423. The number of aryl methyl sites for hydroxylation is 1. The van der Waals surface area contributed by atoms with Gasteiger partial charge in [0.2, 0.25) is 0 Å². The Morgan fingerprint density at radius 3 is 2.73 bits per heavy atom. The van der Waals surface area contributed by atoms with E-state index in [0.29, 0.717) is 17.9 Å². The number of pyridine rings is 2. The van der Waals surface area contributed by atoms with Gasteiger partial charge in [-0.15, -0.1) is 0 Å². The number of aliphatic hydroxyl groups is 1. The summed E-state index contributed by atoms with van der Waals surface area (Å²) in [6.07, 6.45) is 5.18. The predicted octanol–water partition coefficient (Wildman–Crippen LogP) is 1.70. The van der Waals surface area contributed by atoms with Crippen LogP contribution in [-0.2, 0) is 7.05 Å². The first-order chi connectivity index (χ1) is 17.8. The predicted molar refractivity (Wildman–Crippen MR) is 139 cm³/mol. The molecule has 194 valence electrons. The van der Waals surface area contributed by atoms with Crippen LogP contribution < -0.4 is 10.6 Å². The Labute approximate surface area is 215 Å². The van der Waals surface area contributed by atoms with Gasteiger partial charge >= 0.3 is 0 Å². The summed E-state index contributed by atoms with van der Waals surface area (Å²) in [6, 6.07) is 8.87. The Bertz CT molecular complexity index is 1300. The molecule has 2 aliphatic rings. The summed E-state index contributed by atoms with van der Waals surface area (Å²) in [5, 5.41) is 20.8. The summed E-state index contributed by atoms with van der Waals surface area (Å²) >= 11 is 0. The van der Waals surface area contributed by atoms with E-state index < -0.39 is 12.0 Å². The molecule has 37 heavy (non-hydrogen) atoms. The highest BCUT2D eigenvalue weighted by molar-refractivity contribution is 6.07. The summed E-state index contributed by atoms with van der Waals surface area (Å²) in [6.45, 7) is 1.49. The number of carbonyl (C=O) groups excluding carboxylic acids is 2. The van der Waals surface area contributed by atoms with Crippen molar-refractivity contribution in [3.8, 4) is 11.3 Å². The van der Waals surface area contributed by atoms with Crippen molar-refractivity contribution in [2.45, 2.75) is 25.0 Å². The van der Waals surface area contributed by atoms with E-state index in [1.54, 1.807) is 36.5 Å². The molecule has 1 saturated heterocycles. The molecule has 1 aliphatic heterocycles. The minimum atomic E-state index is -0.648. The fraction of sp³-hybridized carbons (Fsp3) is 0.423. The summed E-state index contributed by atoms with van der Waals surface area (Å²) < 4.78 is 1.48. The number of likely N-dealkylation sites (tertiary alicyclic amines) is 1. The van der Waals surface area contributed by atoms with Crippen molar-refractivity contribution < 1.29 is 14.7 Å². The largest absolute Gasteiger partial charge is 0.390 e. The van der Waals surface area contributed by atoms with Crippen molar-refractivity contribution in [3.63, 3.8) is 0 Å². The zero-order valence-corrected chi connectivity index (χ0v) is 21.3. The van der Waals surface area contributed by atoms with Crippen LogP contribution in [0.1, 0.15) is 33.8 Å². The number of aromatic nitrogens is 4. The minimum Gasteiger partial charge on any atom is -0.390 e. The van der Waals surface area contributed by atoms with Gasteiger partial charge in [0, 0.05) is 44.6 Å². The molecule has 11 nitrogen and oxygen atoms in total. The summed E-state index contributed by atoms with van der Waals surface area (Å²) in [5.74, 6) is 0.717. The molecule has 3 aromatic rings. The van der Waals surface area contributed by atoms with Crippen LogP contribution in [0.15, 0.2) is 42.7 Å². The summed E-state index contributed by atoms with van der Waals surface area (Å²) in [5.41, 5.74) is 2.13. The molecule has 0 aromatic carbocycles. The molecule has 0 bridgehead atoms. The molecular formula is C26H32N8O3. The van der Waals surface area contributed by atoms with E-state index in [4.69, 9.17) is 0 Å². The number of likely N-dealkylation sites (N-methyl/N-ethyl adjacent to an activating group) is 1. The van der Waals surface area contributed by atoms with Gasteiger partial charge in [-0.2, -0.15) is 5.10 Å². The molecule has 3 aromatic heterocycles. The van der Waals surface area contributed by atoms with Gasteiger partial charge in [-0.1, -0.05) is 6.07 Å². The number of carbonyl (C=O) groups is 2. The van der Waals surface area contributed by atoms with Crippen LogP contribution in [0, 0.1) is 5.92 Å². The molecule has 4 heterocycles. The number of nitrogens with zero attached hydrogens (tertiary/aromatic N) is 6. The number of anilines is 2. The topological polar surface area (TPSA) is 129 Å². The zero-order chi connectivity index (χ0) is 26.1. The Morgan fingerprint density at radius 2 is 2.00 bits per heavy atom. The standard InChI is InChI=1S/C26H32N8O3/c1-32(2)21-14-34(15-22(21)35)26(37)24-20(13-33(3)31-24)30-25(36)19-6-4-5-18(29-19)17-9-10-27-23(11-17)28-12-16-7-8-16/h4-6,9-11,13,16,21-22,35H,7-8,12,14-15H2,1-3H3,(H,27,28)(H,30,36). The SMILES string of the molecule is CN(C)C1CN(C(=O)c2nn(C)cc2NC(=O)c2cccc(-c3ccnc(NCC4CC4)c3)n2)CC1O. The van der Waals surface area contributed by atoms with Crippen molar-refractivity contribution >= 4 is 23.3 Å². The van der Waals surface area contributed by atoms with E-state index in [-0.39, 0.29) is 29.9 Å². The zero-order valence-electron chi connectivity index (χ0n) is 21.3. The Balaban J connectivity index is 1.31. The van der Waals surface area contributed by atoms with Gasteiger partial charge in [0.05, 0.1) is 23.5 Å². The lowest BCUT2D eigenvalue weighted by molar-refractivity contribution is 0.0758. The lowest BCUT2D eigenvalue weighted by Gasteiger charge is -2.21. The van der Waals surface area contributed by atoms with Crippen molar-refractivity contribution in [1.82, 2.24) is 29.5 Å². The molecule has 0 radical (unpaired) electrons. The first-order valence-corrected chi connectivity index (χ1v) is 12.4. The Hall–Kier alpha value is -3.83. The molecule has 2 atom stereocenters. The summed E-state index contributed by atoms with van der Waals surface area (Å²) in [7, 11) is 5.42. The molecule has 1 saturated carbocycles. The lowest BCUT2D eigenvalue weighted by atomic mass is 10.1. The highest BCUT2D eigenvalue weighted by Crippen LogP contribution is 2.29. The molecule has 2 fully saturated rings. The van der Waals surface area contributed by atoms with Gasteiger partial charge in [0.1, 0.15) is 11.5 Å². The summed E-state index contributed by atoms with van der Waals surface area (Å²) in [4.78, 5) is 38.8. The molecule has 2 unspecified atom stereocenters. The maximum atomic E-state index is 13.2.